The van der Waals surface area contributed by atoms with Gasteiger partial charge >= 0.3 is 6.09 Å². The SMILES string of the molecule is Cc1cc(-c2c(C(C)C)c3cc(O[Si](C)(C)C(C)(C)C)ccc3n2C(=O)OC(C)(C)C)ccn1. The summed E-state index contributed by atoms with van der Waals surface area (Å²) in [4.78, 5) is 17.9. The molecule has 0 atom stereocenters. The van der Waals surface area contributed by atoms with Gasteiger partial charge in [-0.15, -0.1) is 0 Å². The van der Waals surface area contributed by atoms with Crippen LogP contribution in [0.15, 0.2) is 36.5 Å². The summed E-state index contributed by atoms with van der Waals surface area (Å²) < 4.78 is 14.2. The minimum absolute atomic E-state index is 0.0883. The molecule has 0 aliphatic heterocycles. The lowest BCUT2D eigenvalue weighted by molar-refractivity contribution is 0.0547. The molecule has 0 fully saturated rings. The molecule has 184 valence electrons. The van der Waals surface area contributed by atoms with Crippen molar-refractivity contribution < 1.29 is 14.0 Å². The van der Waals surface area contributed by atoms with E-state index >= 15 is 0 Å². The normalized spacial score (nSPS) is 12.9. The van der Waals surface area contributed by atoms with Crippen LogP contribution in [0.3, 0.4) is 0 Å². The average Bonchev–Trinajstić information content (AvgIpc) is 3.00. The number of aryl methyl sites for hydroxylation is 1. The molecule has 2 heterocycles. The van der Waals surface area contributed by atoms with Crippen molar-refractivity contribution in [2.24, 2.45) is 0 Å². The summed E-state index contributed by atoms with van der Waals surface area (Å²) in [6.45, 7) is 23.2. The maximum atomic E-state index is 13.5. The van der Waals surface area contributed by atoms with Crippen LogP contribution in [0.25, 0.3) is 22.2 Å². The van der Waals surface area contributed by atoms with E-state index in [1.165, 1.54) is 0 Å². The second kappa shape index (κ2) is 8.88. The standard InChI is InChI=1S/C28H40N2O3Si/c1-18(2)24-22-17-21(33-34(10,11)28(7,8)9)12-13-23(22)30(26(31)32-27(4,5)6)25(24)20-14-15-29-19(3)16-20/h12-18H,1-11H3. The highest BCUT2D eigenvalue weighted by atomic mass is 28.4. The summed E-state index contributed by atoms with van der Waals surface area (Å²) in [6, 6.07) is 10.1. The molecule has 0 amide bonds. The van der Waals surface area contributed by atoms with E-state index in [2.05, 4.69) is 58.8 Å². The molecule has 1 aromatic carbocycles. The molecule has 0 saturated heterocycles. The Kier molecular flexibility index (Phi) is 6.79. The van der Waals surface area contributed by atoms with Gasteiger partial charge in [0, 0.05) is 22.8 Å². The molecular formula is C28H40N2O3Si. The highest BCUT2D eigenvalue weighted by Gasteiger charge is 2.39. The second-order valence-corrected chi connectivity index (χ2v) is 16.7. The Labute approximate surface area is 205 Å². The summed E-state index contributed by atoms with van der Waals surface area (Å²) >= 11 is 0. The monoisotopic (exact) mass is 480 g/mol. The number of hydrogen-bond donors (Lipinski definition) is 0. The number of rotatable bonds is 4. The van der Waals surface area contributed by atoms with Crippen LogP contribution in [0, 0.1) is 6.92 Å². The van der Waals surface area contributed by atoms with Crippen LogP contribution in [0.2, 0.25) is 18.1 Å². The van der Waals surface area contributed by atoms with Crippen LogP contribution in [0.1, 0.15) is 72.6 Å². The van der Waals surface area contributed by atoms with Crippen molar-refractivity contribution in [2.45, 2.75) is 92.0 Å². The van der Waals surface area contributed by atoms with Gasteiger partial charge in [0.2, 0.25) is 8.32 Å². The Hall–Kier alpha value is -2.60. The van der Waals surface area contributed by atoms with E-state index in [0.717, 1.165) is 39.2 Å². The van der Waals surface area contributed by atoms with E-state index in [-0.39, 0.29) is 17.0 Å². The first-order valence-electron chi connectivity index (χ1n) is 12.1. The molecule has 0 unspecified atom stereocenters. The summed E-state index contributed by atoms with van der Waals surface area (Å²) in [7, 11) is -2.02. The Morgan fingerprint density at radius 1 is 1.03 bits per heavy atom. The van der Waals surface area contributed by atoms with Crippen LogP contribution in [0.5, 0.6) is 5.75 Å². The largest absolute Gasteiger partial charge is 0.543 e. The van der Waals surface area contributed by atoms with E-state index in [1.807, 2.05) is 52.0 Å². The third kappa shape index (κ3) is 5.22. The van der Waals surface area contributed by atoms with Crippen molar-refractivity contribution >= 4 is 25.3 Å². The zero-order chi connectivity index (χ0) is 25.6. The Balaban J connectivity index is 2.33. The molecule has 0 N–H and O–H groups in total. The zero-order valence-corrected chi connectivity index (χ0v) is 23.7. The van der Waals surface area contributed by atoms with Gasteiger partial charge in [0.05, 0.1) is 11.2 Å². The minimum atomic E-state index is -2.02. The summed E-state index contributed by atoms with van der Waals surface area (Å²) in [5.74, 6) is 1.03. The number of carbonyl (C=O) groups excluding carboxylic acids is 1. The zero-order valence-electron chi connectivity index (χ0n) is 22.7. The Bertz CT molecular complexity index is 1210. The summed E-state index contributed by atoms with van der Waals surface area (Å²) in [5, 5.41) is 1.10. The predicted octanol–water partition coefficient (Wildman–Crippen LogP) is 8.30. The van der Waals surface area contributed by atoms with Gasteiger partial charge in [0.15, 0.2) is 0 Å². The molecule has 3 rings (SSSR count). The Morgan fingerprint density at radius 3 is 2.21 bits per heavy atom. The fourth-order valence-electron chi connectivity index (χ4n) is 3.86. The fraction of sp³-hybridized carbons (Fsp3) is 0.500. The van der Waals surface area contributed by atoms with Crippen LogP contribution in [-0.2, 0) is 4.74 Å². The number of benzene rings is 1. The van der Waals surface area contributed by atoms with Crippen molar-refractivity contribution in [1.82, 2.24) is 9.55 Å². The smallest absolute Gasteiger partial charge is 0.419 e. The van der Waals surface area contributed by atoms with Gasteiger partial charge in [-0.25, -0.2) is 9.36 Å². The van der Waals surface area contributed by atoms with Crippen molar-refractivity contribution in [3.8, 4) is 17.0 Å². The molecule has 34 heavy (non-hydrogen) atoms. The third-order valence-corrected chi connectivity index (χ3v) is 10.8. The summed E-state index contributed by atoms with van der Waals surface area (Å²) in [6.07, 6.45) is 1.41. The van der Waals surface area contributed by atoms with Gasteiger partial charge in [0.1, 0.15) is 11.4 Å². The molecule has 2 aromatic heterocycles. The topological polar surface area (TPSA) is 53.4 Å². The van der Waals surface area contributed by atoms with Crippen molar-refractivity contribution in [3.63, 3.8) is 0 Å². The van der Waals surface area contributed by atoms with Gasteiger partial charge in [0.25, 0.3) is 0 Å². The van der Waals surface area contributed by atoms with Crippen LogP contribution >= 0.6 is 0 Å². The fourth-order valence-corrected chi connectivity index (χ4v) is 4.89. The van der Waals surface area contributed by atoms with E-state index in [9.17, 15) is 4.79 Å². The number of carbonyl (C=O) groups is 1. The van der Waals surface area contributed by atoms with Gasteiger partial charge in [-0.3, -0.25) is 4.98 Å². The first-order valence-corrected chi connectivity index (χ1v) is 15.0. The maximum absolute atomic E-state index is 13.5. The maximum Gasteiger partial charge on any atom is 0.419 e. The van der Waals surface area contributed by atoms with Crippen molar-refractivity contribution in [1.29, 1.82) is 0 Å². The van der Waals surface area contributed by atoms with Crippen LogP contribution < -0.4 is 4.43 Å². The highest BCUT2D eigenvalue weighted by Crippen LogP contribution is 2.42. The first-order chi connectivity index (χ1) is 15.5. The van der Waals surface area contributed by atoms with Crippen LogP contribution in [0.4, 0.5) is 4.79 Å². The van der Waals surface area contributed by atoms with E-state index in [0.29, 0.717) is 0 Å². The van der Waals surface area contributed by atoms with Gasteiger partial charge in [-0.05, 0) is 87.6 Å². The van der Waals surface area contributed by atoms with Gasteiger partial charge in [-0.2, -0.15) is 0 Å². The molecule has 0 aliphatic carbocycles. The highest BCUT2D eigenvalue weighted by molar-refractivity contribution is 6.74. The van der Waals surface area contributed by atoms with Crippen molar-refractivity contribution in [2.75, 3.05) is 0 Å². The first kappa shape index (κ1) is 26.0. The molecule has 6 heteroatoms. The second-order valence-electron chi connectivity index (χ2n) is 12.0. The van der Waals surface area contributed by atoms with E-state index in [4.69, 9.17) is 9.16 Å². The number of hydrogen-bond acceptors (Lipinski definition) is 4. The molecule has 5 nitrogen and oxygen atoms in total. The van der Waals surface area contributed by atoms with E-state index < -0.39 is 13.9 Å². The number of aromatic nitrogens is 2. The predicted molar refractivity (Wildman–Crippen MR) is 143 cm³/mol. The minimum Gasteiger partial charge on any atom is -0.543 e. The number of ether oxygens (including phenoxy) is 1. The quantitative estimate of drug-likeness (QED) is 0.352. The van der Waals surface area contributed by atoms with Gasteiger partial charge < -0.3 is 9.16 Å². The lowest BCUT2D eigenvalue weighted by Gasteiger charge is -2.36. The lowest BCUT2D eigenvalue weighted by atomic mass is 9.96. The number of fused-ring (bicyclic) bond motifs is 1. The number of nitrogens with zero attached hydrogens (tertiary/aromatic N) is 2. The molecular weight excluding hydrogens is 440 g/mol. The third-order valence-electron chi connectivity index (χ3n) is 6.48. The lowest BCUT2D eigenvalue weighted by Crippen LogP contribution is -2.43. The number of pyridine rings is 1. The summed E-state index contributed by atoms with van der Waals surface area (Å²) in [5.41, 5.74) is 4.02. The van der Waals surface area contributed by atoms with Crippen molar-refractivity contribution in [3.05, 3.63) is 47.8 Å². The van der Waals surface area contributed by atoms with Gasteiger partial charge in [-0.1, -0.05) is 34.6 Å². The molecule has 0 spiro atoms. The van der Waals surface area contributed by atoms with Crippen LogP contribution in [-0.4, -0.2) is 29.6 Å². The molecule has 0 aliphatic rings. The average molecular weight is 481 g/mol. The van der Waals surface area contributed by atoms with E-state index in [1.54, 1.807) is 10.8 Å². The Morgan fingerprint density at radius 2 is 1.68 bits per heavy atom. The molecule has 3 aromatic rings. The molecule has 0 bridgehead atoms. The molecule has 0 radical (unpaired) electrons. The molecule has 0 saturated carbocycles.